The number of amides is 1. The van der Waals surface area contributed by atoms with Crippen molar-refractivity contribution >= 4 is 17.4 Å². The van der Waals surface area contributed by atoms with Crippen LogP contribution in [0.2, 0.25) is 0 Å². The highest BCUT2D eigenvalue weighted by Gasteiger charge is 2.47. The van der Waals surface area contributed by atoms with E-state index >= 15 is 0 Å². The first kappa shape index (κ1) is 19.6. The highest BCUT2D eigenvalue weighted by Crippen LogP contribution is 2.40. The minimum absolute atomic E-state index is 0.00956. The fourth-order valence-corrected chi connectivity index (χ4v) is 3.48. The molecule has 7 nitrogen and oxygen atoms in total. The summed E-state index contributed by atoms with van der Waals surface area (Å²) in [5.41, 5.74) is 0.373. The molecule has 154 valence electrons. The van der Waals surface area contributed by atoms with E-state index < -0.39 is 17.7 Å². The Hall–Kier alpha value is -3.74. The van der Waals surface area contributed by atoms with Crippen LogP contribution in [0.25, 0.3) is 5.76 Å². The van der Waals surface area contributed by atoms with Crippen LogP contribution in [-0.2, 0) is 16.1 Å². The van der Waals surface area contributed by atoms with Crippen LogP contribution in [0.4, 0.5) is 0 Å². The standard InChI is InChI=1S/C23H21NO6/c1-14(2)30-16-9-7-15(8-10-16)21(25)19-20(18-6-4-12-29-18)24(23(27)22(19)26)13-17-5-3-11-28-17/h3-12,14,20,25H,13H2,1-2H3/b21-19-. The van der Waals surface area contributed by atoms with Crippen LogP contribution in [0.5, 0.6) is 5.75 Å². The Morgan fingerprint density at radius 1 is 1.07 bits per heavy atom. The number of carbonyl (C=O) groups is 2. The van der Waals surface area contributed by atoms with E-state index in [1.807, 2.05) is 13.8 Å². The molecule has 3 heterocycles. The Labute approximate surface area is 173 Å². The summed E-state index contributed by atoms with van der Waals surface area (Å²) in [5.74, 6) is -0.238. The summed E-state index contributed by atoms with van der Waals surface area (Å²) in [4.78, 5) is 27.0. The largest absolute Gasteiger partial charge is 0.507 e. The molecular weight excluding hydrogens is 386 g/mol. The molecule has 1 unspecified atom stereocenters. The summed E-state index contributed by atoms with van der Waals surface area (Å²) in [7, 11) is 0. The molecule has 1 N–H and O–H groups in total. The highest BCUT2D eigenvalue weighted by molar-refractivity contribution is 6.46. The summed E-state index contributed by atoms with van der Waals surface area (Å²) in [5, 5.41) is 11.0. The molecule has 4 rings (SSSR count). The Morgan fingerprint density at radius 3 is 2.37 bits per heavy atom. The van der Waals surface area contributed by atoms with Gasteiger partial charge in [0.1, 0.15) is 29.1 Å². The number of furan rings is 2. The first-order valence-electron chi connectivity index (χ1n) is 9.57. The molecule has 1 fully saturated rings. The summed E-state index contributed by atoms with van der Waals surface area (Å²) >= 11 is 0. The number of nitrogens with zero attached hydrogens (tertiary/aromatic N) is 1. The Bertz CT molecular complexity index is 1060. The van der Waals surface area contributed by atoms with Crippen LogP contribution in [0, 0.1) is 0 Å². The van der Waals surface area contributed by atoms with Crippen molar-refractivity contribution in [2.45, 2.75) is 32.5 Å². The number of aliphatic hydroxyl groups is 1. The molecular formula is C23H21NO6. The second kappa shape index (κ2) is 7.94. The monoisotopic (exact) mass is 407 g/mol. The zero-order valence-corrected chi connectivity index (χ0v) is 16.6. The van der Waals surface area contributed by atoms with Crippen molar-refractivity contribution in [3.05, 3.63) is 83.7 Å². The lowest BCUT2D eigenvalue weighted by molar-refractivity contribution is -0.140. The zero-order valence-electron chi connectivity index (χ0n) is 16.6. The van der Waals surface area contributed by atoms with Crippen molar-refractivity contribution < 1.29 is 28.3 Å². The SMILES string of the molecule is CC(C)Oc1ccc(/C(O)=C2/C(=O)C(=O)N(Cc3ccco3)C2c2ccco2)cc1. The zero-order chi connectivity index (χ0) is 21.3. The molecule has 0 radical (unpaired) electrons. The number of likely N-dealkylation sites (tertiary alicyclic amines) is 1. The molecule has 1 aliphatic rings. The molecule has 30 heavy (non-hydrogen) atoms. The predicted molar refractivity (Wildman–Crippen MR) is 107 cm³/mol. The molecule has 2 aromatic heterocycles. The first-order valence-corrected chi connectivity index (χ1v) is 9.57. The van der Waals surface area contributed by atoms with Crippen LogP contribution in [0.1, 0.15) is 37.0 Å². The van der Waals surface area contributed by atoms with Gasteiger partial charge in [-0.05, 0) is 62.4 Å². The number of Topliss-reactive ketones (excluding diaryl/α,β-unsaturated/α-hetero) is 1. The molecule has 1 saturated heterocycles. The normalized spacial score (nSPS) is 18.4. The summed E-state index contributed by atoms with van der Waals surface area (Å²) < 4.78 is 16.5. The Morgan fingerprint density at radius 2 is 1.77 bits per heavy atom. The maximum absolute atomic E-state index is 12.9. The average molecular weight is 407 g/mol. The lowest BCUT2D eigenvalue weighted by atomic mass is 9.99. The first-order chi connectivity index (χ1) is 14.5. The molecule has 1 amide bonds. The van der Waals surface area contributed by atoms with Crippen LogP contribution in [-0.4, -0.2) is 27.8 Å². The fraction of sp³-hybridized carbons (Fsp3) is 0.217. The van der Waals surface area contributed by atoms with Gasteiger partial charge in [0.2, 0.25) is 0 Å². The van der Waals surface area contributed by atoms with E-state index in [0.717, 1.165) is 0 Å². The molecule has 0 bridgehead atoms. The number of ketones is 1. The van der Waals surface area contributed by atoms with Crippen molar-refractivity contribution in [3.8, 4) is 5.75 Å². The minimum atomic E-state index is -0.864. The third-order valence-corrected chi connectivity index (χ3v) is 4.76. The van der Waals surface area contributed by atoms with Crippen LogP contribution in [0.15, 0.2) is 75.5 Å². The lowest BCUT2D eigenvalue weighted by Gasteiger charge is -2.22. The van der Waals surface area contributed by atoms with E-state index in [1.54, 1.807) is 48.5 Å². The maximum Gasteiger partial charge on any atom is 0.296 e. The molecule has 1 aliphatic heterocycles. The summed E-state index contributed by atoms with van der Waals surface area (Å²) in [6.07, 6.45) is 2.96. The van der Waals surface area contributed by atoms with Crippen LogP contribution < -0.4 is 4.74 Å². The third kappa shape index (κ3) is 3.61. The Kier molecular flexibility index (Phi) is 5.18. The van der Waals surface area contributed by atoms with Crippen molar-refractivity contribution in [2.75, 3.05) is 0 Å². The van der Waals surface area contributed by atoms with Crippen LogP contribution >= 0.6 is 0 Å². The van der Waals surface area contributed by atoms with Gasteiger partial charge in [-0.2, -0.15) is 0 Å². The van der Waals surface area contributed by atoms with Crippen LogP contribution in [0.3, 0.4) is 0 Å². The average Bonchev–Trinajstić information content (AvgIpc) is 3.46. The maximum atomic E-state index is 12.9. The number of benzene rings is 1. The van der Waals surface area contributed by atoms with Gasteiger partial charge in [0.05, 0.1) is 30.7 Å². The van der Waals surface area contributed by atoms with Gasteiger partial charge in [-0.25, -0.2) is 0 Å². The van der Waals surface area contributed by atoms with E-state index in [0.29, 0.717) is 22.8 Å². The molecule has 7 heteroatoms. The van der Waals surface area contributed by atoms with E-state index in [2.05, 4.69) is 0 Å². The number of carbonyl (C=O) groups excluding carboxylic acids is 2. The second-order valence-corrected chi connectivity index (χ2v) is 7.21. The molecule has 0 spiro atoms. The molecule has 3 aromatic rings. The number of rotatable bonds is 6. The predicted octanol–water partition coefficient (Wildman–Crippen LogP) is 4.28. The summed E-state index contributed by atoms with van der Waals surface area (Å²) in [6.45, 7) is 3.90. The topological polar surface area (TPSA) is 93.1 Å². The van der Waals surface area contributed by atoms with Gasteiger partial charge in [-0.1, -0.05) is 0 Å². The van der Waals surface area contributed by atoms with Crippen molar-refractivity contribution in [1.82, 2.24) is 4.90 Å². The van der Waals surface area contributed by atoms with Gasteiger partial charge in [0, 0.05) is 5.56 Å². The number of hydrogen-bond acceptors (Lipinski definition) is 6. The lowest BCUT2D eigenvalue weighted by Crippen LogP contribution is -2.28. The van der Waals surface area contributed by atoms with Gasteiger partial charge < -0.3 is 23.6 Å². The Balaban J connectivity index is 1.76. The van der Waals surface area contributed by atoms with E-state index in [-0.39, 0.29) is 24.0 Å². The third-order valence-electron chi connectivity index (χ3n) is 4.76. The fourth-order valence-electron chi connectivity index (χ4n) is 3.48. The van der Waals surface area contributed by atoms with Gasteiger partial charge in [-0.15, -0.1) is 0 Å². The number of hydrogen-bond donors (Lipinski definition) is 1. The minimum Gasteiger partial charge on any atom is -0.507 e. The smallest absolute Gasteiger partial charge is 0.296 e. The second-order valence-electron chi connectivity index (χ2n) is 7.21. The van der Waals surface area contributed by atoms with Crippen molar-refractivity contribution in [3.63, 3.8) is 0 Å². The molecule has 0 aliphatic carbocycles. The van der Waals surface area contributed by atoms with Gasteiger partial charge in [0.15, 0.2) is 0 Å². The van der Waals surface area contributed by atoms with E-state index in [1.165, 1.54) is 17.4 Å². The molecule has 0 saturated carbocycles. The number of aliphatic hydroxyl groups excluding tert-OH is 1. The number of ether oxygens (including phenoxy) is 1. The van der Waals surface area contributed by atoms with Gasteiger partial charge >= 0.3 is 0 Å². The van der Waals surface area contributed by atoms with Crippen molar-refractivity contribution in [2.24, 2.45) is 0 Å². The van der Waals surface area contributed by atoms with Gasteiger partial charge in [-0.3, -0.25) is 9.59 Å². The van der Waals surface area contributed by atoms with E-state index in [9.17, 15) is 14.7 Å². The molecule has 1 atom stereocenters. The quantitative estimate of drug-likeness (QED) is 0.372. The van der Waals surface area contributed by atoms with E-state index in [4.69, 9.17) is 13.6 Å². The molecule has 1 aromatic carbocycles. The van der Waals surface area contributed by atoms with Gasteiger partial charge in [0.25, 0.3) is 11.7 Å². The highest BCUT2D eigenvalue weighted by atomic mass is 16.5. The van der Waals surface area contributed by atoms with Crippen molar-refractivity contribution in [1.29, 1.82) is 0 Å². The summed E-state index contributed by atoms with van der Waals surface area (Å²) in [6, 6.07) is 12.6.